The quantitative estimate of drug-likeness (QED) is 0.0320. The van der Waals surface area contributed by atoms with Crippen LogP contribution in [-0.2, 0) is 14.3 Å². The summed E-state index contributed by atoms with van der Waals surface area (Å²) >= 11 is 0. The fourth-order valence-electron chi connectivity index (χ4n) is 8.88. The lowest BCUT2D eigenvalue weighted by Gasteiger charge is -2.28. The maximum atomic E-state index is 13.3. The SMILES string of the molecule is CCCCCCCCCCCCCCC(CCCCCCCCC)OC(=O)CC[C@H](NC(=O)O)C(O)OC(CCCCCCCCC)CCCCCCCCCCCCCC. The highest BCUT2D eigenvalue weighted by Crippen LogP contribution is 2.22. The van der Waals surface area contributed by atoms with Crippen LogP contribution in [0.15, 0.2) is 0 Å². The third-order valence-corrected chi connectivity index (χ3v) is 13.0. The van der Waals surface area contributed by atoms with Gasteiger partial charge >= 0.3 is 12.1 Å². The summed E-state index contributed by atoms with van der Waals surface area (Å²) < 4.78 is 12.4. The zero-order chi connectivity index (χ0) is 44.7. The highest BCUT2D eigenvalue weighted by Gasteiger charge is 2.27. The van der Waals surface area contributed by atoms with Gasteiger partial charge in [-0.15, -0.1) is 0 Å². The molecule has 0 aliphatic rings. The lowest BCUT2D eigenvalue weighted by atomic mass is 10.0. The Balaban J connectivity index is 5.05. The number of aliphatic hydroxyl groups excluding tert-OH is 1. The zero-order valence-corrected chi connectivity index (χ0v) is 41.4. The Bertz CT molecular complexity index is 901. The van der Waals surface area contributed by atoms with Crippen LogP contribution in [0.3, 0.4) is 0 Å². The molecule has 1 amide bonds. The van der Waals surface area contributed by atoms with Crippen LogP contribution in [0.4, 0.5) is 4.79 Å². The average Bonchev–Trinajstić information content (AvgIpc) is 3.24. The van der Waals surface area contributed by atoms with Gasteiger partial charge in [-0.3, -0.25) is 4.79 Å². The molecule has 3 N–H and O–H groups in total. The Morgan fingerprint density at radius 3 is 0.934 bits per heavy atom. The second-order valence-corrected chi connectivity index (χ2v) is 19.0. The molecule has 0 bridgehead atoms. The van der Waals surface area contributed by atoms with Crippen LogP contribution in [0.2, 0.25) is 0 Å². The number of rotatable bonds is 50. The minimum absolute atomic E-state index is 0.0541. The Hall–Kier alpha value is -1.34. The van der Waals surface area contributed by atoms with Gasteiger partial charge < -0.3 is 25.0 Å². The van der Waals surface area contributed by atoms with Crippen LogP contribution >= 0.6 is 0 Å². The van der Waals surface area contributed by atoms with E-state index in [9.17, 15) is 19.8 Å². The average molecular weight is 866 g/mol. The van der Waals surface area contributed by atoms with Gasteiger partial charge in [0.25, 0.3) is 0 Å². The summed E-state index contributed by atoms with van der Waals surface area (Å²) in [5.41, 5.74) is 0. The van der Waals surface area contributed by atoms with Crippen LogP contribution in [0.25, 0.3) is 0 Å². The largest absolute Gasteiger partial charge is 0.465 e. The standard InChI is InChI=1S/C54H107NO6/c1-5-9-13-17-21-23-25-27-29-33-37-40-44-49(43-39-35-31-19-15-11-7-3)60-52(56)48-47-51(55-54(58)59)53(57)61-50(45-41-36-32-20-16-12-8-4)46-42-38-34-30-28-26-24-22-18-14-10-6-2/h49-51,53,55,57H,5-48H2,1-4H3,(H,58,59)/t49?,50?,51-,53?/m0/s1. The van der Waals surface area contributed by atoms with Gasteiger partial charge in [0.05, 0.1) is 12.1 Å². The molecule has 0 rings (SSSR count). The van der Waals surface area contributed by atoms with E-state index in [0.29, 0.717) is 0 Å². The topological polar surface area (TPSA) is 105 Å². The molecule has 0 aromatic carbocycles. The van der Waals surface area contributed by atoms with Crippen molar-refractivity contribution in [1.29, 1.82) is 0 Å². The second kappa shape index (κ2) is 48.1. The number of hydrogen-bond donors (Lipinski definition) is 3. The molecule has 364 valence electrons. The molecule has 0 heterocycles. The summed E-state index contributed by atoms with van der Waals surface area (Å²) in [5.74, 6) is -0.299. The number of carboxylic acid groups (broad SMARTS) is 1. The molecule has 7 heteroatoms. The molecule has 0 saturated carbocycles. The summed E-state index contributed by atoms with van der Waals surface area (Å²) in [6.07, 6.45) is 49.3. The Labute approximate surface area is 380 Å². The van der Waals surface area contributed by atoms with E-state index in [1.807, 2.05) is 0 Å². The number of hydrogen-bond acceptors (Lipinski definition) is 5. The van der Waals surface area contributed by atoms with Gasteiger partial charge in [-0.2, -0.15) is 0 Å². The predicted octanol–water partition coefficient (Wildman–Crippen LogP) is 17.5. The van der Waals surface area contributed by atoms with Gasteiger partial charge in [-0.25, -0.2) is 4.79 Å². The van der Waals surface area contributed by atoms with Crippen molar-refractivity contribution >= 4 is 12.1 Å². The van der Waals surface area contributed by atoms with Gasteiger partial charge in [-0.05, 0) is 44.9 Å². The molecule has 4 atom stereocenters. The molecule has 0 fully saturated rings. The Morgan fingerprint density at radius 1 is 0.393 bits per heavy atom. The van der Waals surface area contributed by atoms with E-state index in [-0.39, 0.29) is 31.0 Å². The highest BCUT2D eigenvalue weighted by atomic mass is 16.6. The Kier molecular flexibility index (Phi) is 47.1. The van der Waals surface area contributed by atoms with E-state index in [2.05, 4.69) is 33.0 Å². The second-order valence-electron chi connectivity index (χ2n) is 19.0. The molecule has 7 nitrogen and oxygen atoms in total. The van der Waals surface area contributed by atoms with E-state index in [1.165, 1.54) is 205 Å². The van der Waals surface area contributed by atoms with Crippen molar-refractivity contribution in [2.24, 2.45) is 0 Å². The van der Waals surface area contributed by atoms with Crippen LogP contribution in [0, 0.1) is 0 Å². The van der Waals surface area contributed by atoms with Crippen LogP contribution in [0.1, 0.15) is 310 Å². The minimum Gasteiger partial charge on any atom is -0.465 e. The van der Waals surface area contributed by atoms with E-state index in [0.717, 1.165) is 64.2 Å². The summed E-state index contributed by atoms with van der Waals surface area (Å²) in [6.45, 7) is 9.04. The van der Waals surface area contributed by atoms with Crippen molar-refractivity contribution in [3.8, 4) is 0 Å². The van der Waals surface area contributed by atoms with Gasteiger partial charge in [0.1, 0.15) is 6.10 Å². The fourth-order valence-corrected chi connectivity index (χ4v) is 8.88. The smallest absolute Gasteiger partial charge is 0.405 e. The lowest BCUT2D eigenvalue weighted by Crippen LogP contribution is -2.45. The van der Waals surface area contributed by atoms with Gasteiger partial charge in [0, 0.05) is 6.42 Å². The van der Waals surface area contributed by atoms with Crippen molar-refractivity contribution in [1.82, 2.24) is 5.32 Å². The van der Waals surface area contributed by atoms with Crippen LogP contribution in [-0.4, -0.2) is 46.8 Å². The van der Waals surface area contributed by atoms with Crippen LogP contribution < -0.4 is 5.32 Å². The van der Waals surface area contributed by atoms with Crippen molar-refractivity contribution in [2.45, 2.75) is 335 Å². The summed E-state index contributed by atoms with van der Waals surface area (Å²) in [6, 6.07) is -0.888. The van der Waals surface area contributed by atoms with E-state index >= 15 is 0 Å². The zero-order valence-electron chi connectivity index (χ0n) is 41.4. The Morgan fingerprint density at radius 2 is 0.656 bits per heavy atom. The first-order chi connectivity index (χ1) is 29.9. The molecule has 0 radical (unpaired) electrons. The lowest BCUT2D eigenvalue weighted by molar-refractivity contribution is -0.160. The predicted molar refractivity (Wildman–Crippen MR) is 262 cm³/mol. The van der Waals surface area contributed by atoms with E-state index in [1.54, 1.807) is 0 Å². The summed E-state index contributed by atoms with van der Waals surface area (Å²) in [5, 5.41) is 23.5. The first-order valence-corrected chi connectivity index (χ1v) is 27.4. The third kappa shape index (κ3) is 43.7. The molecule has 0 aliphatic carbocycles. The number of amides is 1. The number of unbranched alkanes of at least 4 members (excludes halogenated alkanes) is 34. The first-order valence-electron chi connectivity index (χ1n) is 27.4. The monoisotopic (exact) mass is 866 g/mol. The van der Waals surface area contributed by atoms with Gasteiger partial charge in [-0.1, -0.05) is 259 Å². The number of carbonyl (C=O) groups is 2. The van der Waals surface area contributed by atoms with Crippen molar-refractivity contribution in [3.63, 3.8) is 0 Å². The molecular weight excluding hydrogens is 759 g/mol. The number of carbonyl (C=O) groups excluding carboxylic acids is 1. The molecule has 61 heavy (non-hydrogen) atoms. The van der Waals surface area contributed by atoms with Gasteiger partial charge in [0.2, 0.25) is 0 Å². The molecular formula is C54H107NO6. The summed E-state index contributed by atoms with van der Waals surface area (Å²) in [7, 11) is 0. The molecule has 0 aliphatic heterocycles. The molecule has 0 spiro atoms. The molecule has 0 aromatic heterocycles. The van der Waals surface area contributed by atoms with E-state index in [4.69, 9.17) is 9.47 Å². The maximum Gasteiger partial charge on any atom is 0.405 e. The number of ether oxygens (including phenoxy) is 2. The van der Waals surface area contributed by atoms with Gasteiger partial charge in [0.15, 0.2) is 6.29 Å². The van der Waals surface area contributed by atoms with Crippen molar-refractivity contribution < 1.29 is 29.3 Å². The molecule has 0 saturated heterocycles. The van der Waals surface area contributed by atoms with Crippen molar-refractivity contribution in [2.75, 3.05) is 0 Å². The van der Waals surface area contributed by atoms with E-state index < -0.39 is 18.4 Å². The third-order valence-electron chi connectivity index (χ3n) is 13.0. The number of nitrogens with one attached hydrogen (secondary N) is 1. The molecule has 3 unspecified atom stereocenters. The maximum absolute atomic E-state index is 13.3. The first kappa shape index (κ1) is 59.7. The van der Waals surface area contributed by atoms with Crippen LogP contribution in [0.5, 0.6) is 0 Å². The molecule has 0 aromatic rings. The highest BCUT2D eigenvalue weighted by molar-refractivity contribution is 5.70. The fraction of sp³-hybridized carbons (Fsp3) is 0.963. The summed E-state index contributed by atoms with van der Waals surface area (Å²) in [4.78, 5) is 25.2. The normalized spacial score (nSPS) is 13.6. The number of aliphatic hydroxyl groups is 1. The number of esters is 1. The van der Waals surface area contributed by atoms with Crippen molar-refractivity contribution in [3.05, 3.63) is 0 Å². The minimum atomic E-state index is -1.31.